The highest BCUT2D eigenvalue weighted by Gasteiger charge is 2.59. The van der Waals surface area contributed by atoms with Crippen LogP contribution in [0, 0.1) is 5.92 Å². The highest BCUT2D eigenvalue weighted by atomic mass is 31.2. The van der Waals surface area contributed by atoms with E-state index in [9.17, 15) is 72.5 Å². The molecular weight excluding hydrogens is 1000 g/mol. The normalized spacial score (nSPS) is 16.5. The summed E-state index contributed by atoms with van der Waals surface area (Å²) in [6.45, 7) is 5.91. The first kappa shape index (κ1) is 60.8. The molecule has 74 heavy (non-hydrogen) atoms. The van der Waals surface area contributed by atoms with Crippen molar-refractivity contribution in [2.24, 2.45) is 11.7 Å². The van der Waals surface area contributed by atoms with Gasteiger partial charge in [0.05, 0.1) is 18.8 Å². The van der Waals surface area contributed by atoms with Crippen molar-refractivity contribution in [3.05, 3.63) is 88.7 Å². The Bertz CT molecular complexity index is 2570. The van der Waals surface area contributed by atoms with E-state index in [4.69, 9.17) is 10.5 Å². The molecule has 23 nitrogen and oxygen atoms in total. The number of benzene rings is 2. The average molecular weight is 1080 g/mol. The number of Topliss-reactive ketones (excluding diaryl/α,β-unsaturated/α-hetero) is 2. The van der Waals surface area contributed by atoms with Crippen molar-refractivity contribution in [1.82, 2.24) is 16.0 Å². The van der Waals surface area contributed by atoms with Gasteiger partial charge in [-0.1, -0.05) is 58.6 Å². The number of anilines is 2. The zero-order valence-corrected chi connectivity index (χ0v) is 43.6. The second-order valence-electron chi connectivity index (χ2n) is 18.5. The second kappa shape index (κ2) is 28.2. The molecule has 1 aromatic heterocycles. The van der Waals surface area contributed by atoms with Gasteiger partial charge in [-0.3, -0.25) is 42.7 Å². The highest BCUT2D eigenvalue weighted by Crippen LogP contribution is 2.68. The van der Waals surface area contributed by atoms with E-state index in [0.717, 1.165) is 12.8 Å². The second-order valence-corrected chi connectivity index (χ2v) is 22.5. The quantitative estimate of drug-likeness (QED) is 0.0296. The fraction of sp³-hybridized carbons (Fsp3) is 0.510. The number of aliphatic hydroxyl groups excluding tert-OH is 1. The molecule has 3 aromatic rings. The number of nitrogens with one attached hydrogen (secondary N) is 5. The zero-order chi connectivity index (χ0) is 54.8. The molecule has 0 saturated heterocycles. The summed E-state index contributed by atoms with van der Waals surface area (Å²) in [5.41, 5.74) is 7.54. The number of nitrogens with two attached hydrogens (primary N) is 1. The lowest BCUT2D eigenvalue weighted by Gasteiger charge is -2.28. The van der Waals surface area contributed by atoms with Crippen LogP contribution in [0.4, 0.5) is 11.4 Å². The van der Waals surface area contributed by atoms with Crippen LogP contribution in [-0.2, 0) is 63.8 Å². The summed E-state index contributed by atoms with van der Waals surface area (Å²) < 4.78 is 30.3. The number of ether oxygens (including phenoxy) is 1. The predicted molar refractivity (Wildman–Crippen MR) is 270 cm³/mol. The minimum Gasteiger partial charge on any atom is -0.387 e. The monoisotopic (exact) mass is 1070 g/mol. The first-order valence-corrected chi connectivity index (χ1v) is 27.7. The number of primary amides is 1. The number of carbonyl (C=O) groups excluding carboxylic acids is 7. The third-order valence-electron chi connectivity index (χ3n) is 12.6. The van der Waals surface area contributed by atoms with E-state index in [1.54, 1.807) is 24.3 Å². The predicted octanol–water partition coefficient (Wildman–Crippen LogP) is 2.22. The molecule has 4 atom stereocenters. The van der Waals surface area contributed by atoms with Gasteiger partial charge in [-0.2, -0.15) is 0 Å². The van der Waals surface area contributed by atoms with Gasteiger partial charge in [0, 0.05) is 80.2 Å². The maximum atomic E-state index is 14.1. The summed E-state index contributed by atoms with van der Waals surface area (Å²) in [5.74, 6) is -3.59. The van der Waals surface area contributed by atoms with E-state index in [2.05, 4.69) is 26.6 Å². The molecule has 0 radical (unpaired) electrons. The van der Waals surface area contributed by atoms with Gasteiger partial charge in [0.1, 0.15) is 29.8 Å². The number of hydrogen-bond acceptors (Lipinski definition) is 13. The van der Waals surface area contributed by atoms with Crippen LogP contribution in [0.1, 0.15) is 122 Å². The van der Waals surface area contributed by atoms with Crippen LogP contribution >= 0.6 is 15.2 Å². The van der Waals surface area contributed by atoms with E-state index in [1.165, 1.54) is 41.2 Å². The molecule has 4 rings (SSSR count). The third kappa shape index (κ3) is 18.3. The molecule has 13 N–H and O–H groups in total. The molecule has 406 valence electrons. The molecule has 2 heterocycles. The van der Waals surface area contributed by atoms with Crippen LogP contribution in [0.25, 0.3) is 0 Å². The lowest BCUT2D eigenvalue weighted by molar-refractivity contribution is -0.704. The number of fused-ring (bicyclic) bond motifs is 2. The van der Waals surface area contributed by atoms with Gasteiger partial charge in [-0.15, -0.1) is 0 Å². The fourth-order valence-electron chi connectivity index (χ4n) is 7.94. The first-order chi connectivity index (χ1) is 34.8. The van der Waals surface area contributed by atoms with Crippen LogP contribution in [0.3, 0.4) is 0 Å². The molecule has 0 spiro atoms. The molecule has 0 fully saturated rings. The van der Waals surface area contributed by atoms with Crippen LogP contribution in [-0.4, -0.2) is 114 Å². The van der Waals surface area contributed by atoms with Crippen molar-refractivity contribution in [2.75, 3.05) is 30.4 Å². The van der Waals surface area contributed by atoms with E-state index in [0.29, 0.717) is 41.8 Å². The van der Waals surface area contributed by atoms with Gasteiger partial charge in [-0.05, 0) is 60.2 Å². The molecule has 2 aromatic carbocycles. The summed E-state index contributed by atoms with van der Waals surface area (Å²) in [4.78, 5) is 130. The number of hydrogen-bond donors (Lipinski definition) is 12. The zero-order valence-electron chi connectivity index (χ0n) is 41.8. The largest absolute Gasteiger partial charge is 0.387 e. The van der Waals surface area contributed by atoms with E-state index >= 15 is 0 Å². The van der Waals surface area contributed by atoms with Crippen molar-refractivity contribution in [1.29, 1.82) is 0 Å². The maximum absolute atomic E-state index is 14.1. The number of amides is 5. The summed E-state index contributed by atoms with van der Waals surface area (Å²) in [5, 5.41) is 31.6. The number of unbranched alkanes of at least 4 members (excludes halogenated alkanes) is 2. The molecule has 1 aliphatic heterocycles. The summed E-state index contributed by atoms with van der Waals surface area (Å²) in [6.07, 6.45) is 3.49. The summed E-state index contributed by atoms with van der Waals surface area (Å²) >= 11 is 0. The number of pyridine rings is 1. The molecule has 1 aliphatic rings. The number of rotatable bonds is 27. The highest BCUT2D eigenvalue weighted by molar-refractivity contribution is 7.72. The van der Waals surface area contributed by atoms with Gasteiger partial charge >= 0.3 is 15.2 Å². The van der Waals surface area contributed by atoms with E-state index in [-0.39, 0.29) is 106 Å². The van der Waals surface area contributed by atoms with Crippen molar-refractivity contribution in [3.8, 4) is 0 Å². The Morgan fingerprint density at radius 2 is 1.61 bits per heavy atom. The molecule has 5 amide bonds. The van der Waals surface area contributed by atoms with Gasteiger partial charge in [0.15, 0.2) is 18.9 Å². The van der Waals surface area contributed by atoms with Crippen molar-refractivity contribution in [3.63, 3.8) is 0 Å². The lowest BCUT2D eigenvalue weighted by atomic mass is 9.96. The minimum atomic E-state index is -5.68. The van der Waals surface area contributed by atoms with Crippen molar-refractivity contribution >= 4 is 67.7 Å². The van der Waals surface area contributed by atoms with Crippen molar-refractivity contribution < 1.29 is 81.8 Å². The number of aromatic nitrogens is 1. The van der Waals surface area contributed by atoms with Crippen LogP contribution in [0.5, 0.6) is 0 Å². The first-order valence-electron chi connectivity index (χ1n) is 24.4. The minimum absolute atomic E-state index is 0.0156. The fourth-order valence-corrected chi connectivity index (χ4v) is 10.1. The Morgan fingerprint density at radius 3 is 2.28 bits per heavy atom. The van der Waals surface area contributed by atoms with Gasteiger partial charge in [-0.25, -0.2) is 4.57 Å². The number of aliphatic hydroxyl groups is 2. The SMILES string of the molecule is CCCCC[C@@H]1NC(=O)[C@H](C(C)CC)NC(=O)c2cc(CC(=O)CCC(=O)NCCOCCC(=O)CCC(O)C[n+]3cccc(CC(O)(P(=O)(O)O)P(=O)(O)O)c3)ccc2NCc2ccc(C(N)=O)cc2NC1=O. The van der Waals surface area contributed by atoms with Crippen molar-refractivity contribution in [2.45, 2.75) is 134 Å². The van der Waals surface area contributed by atoms with Crippen LogP contribution < -0.4 is 36.9 Å². The smallest absolute Gasteiger partial charge is 0.369 e. The molecule has 25 heteroatoms. The molecular formula is C49H70N7O16P2+. The lowest BCUT2D eigenvalue weighted by Crippen LogP contribution is -2.55. The Hall–Kier alpha value is -5.74. The average Bonchev–Trinajstić information content (AvgIpc) is 3.33. The Kier molecular flexibility index (Phi) is 23.2. The number of ketones is 2. The molecule has 0 aliphatic carbocycles. The topological polar surface area (TPSA) is 374 Å². The molecule has 0 saturated carbocycles. The van der Waals surface area contributed by atoms with Gasteiger partial charge in [0.25, 0.3) is 11.0 Å². The van der Waals surface area contributed by atoms with E-state index < -0.39 is 74.4 Å². The Morgan fingerprint density at radius 1 is 0.878 bits per heavy atom. The third-order valence-corrected chi connectivity index (χ3v) is 16.3. The molecule has 2 unspecified atom stereocenters. The summed E-state index contributed by atoms with van der Waals surface area (Å²) in [6, 6.07) is 10.1. The standard InChI is InChI=1S/C49H69N7O16P2/c1-4-6-7-10-41-47(63)54-42-26-34(45(50)61)12-13-35(42)28-52-40-17-11-32(25-39(40)46(62)55-44(31(3)5-2)48(64)53-41)24-37(58)16-18-43(60)51-20-23-72-22-19-36(57)14-15-38(59)30-56-21-8-9-33(29-56)27-49(65,73(66,67)68)74(69,70)71/h8-9,11-13,17,21,25-26,29,31,38,41,44,59,65H,4-7,10,14-16,18-20,22-24,27-28,30H2,1-3H3,(H10-,50,51,52,53,54,55,60,61,62,63,64,66,67,68,69,70,71)/p+1/t31?,38?,41-,44-/m0/s1. The van der Waals surface area contributed by atoms with Gasteiger partial charge < -0.3 is 66.8 Å². The summed E-state index contributed by atoms with van der Waals surface area (Å²) in [7, 11) is -11.4. The molecule has 0 bridgehead atoms. The maximum Gasteiger partial charge on any atom is 0.369 e. The Labute approximate surface area is 429 Å². The number of nitrogens with zero attached hydrogens (tertiary/aromatic N) is 1. The number of carbonyl (C=O) groups is 7. The van der Waals surface area contributed by atoms with Crippen LogP contribution in [0.15, 0.2) is 60.9 Å². The Balaban J connectivity index is 1.28. The van der Waals surface area contributed by atoms with E-state index in [1.807, 2.05) is 20.8 Å². The van der Waals surface area contributed by atoms with Crippen LogP contribution in [0.2, 0.25) is 0 Å². The van der Waals surface area contributed by atoms with Gasteiger partial charge in [0.2, 0.25) is 23.6 Å².